The van der Waals surface area contributed by atoms with Crippen molar-refractivity contribution >= 4 is 28.7 Å². The number of aromatic nitrogens is 2. The predicted molar refractivity (Wildman–Crippen MR) is 112 cm³/mol. The van der Waals surface area contributed by atoms with Gasteiger partial charge in [-0.1, -0.05) is 0 Å². The summed E-state index contributed by atoms with van der Waals surface area (Å²) in [6.07, 6.45) is 3.63. The highest BCUT2D eigenvalue weighted by Crippen LogP contribution is 2.35. The minimum Gasteiger partial charge on any atom is -0.497 e. The van der Waals surface area contributed by atoms with Gasteiger partial charge in [0.15, 0.2) is 0 Å². The lowest BCUT2D eigenvalue weighted by Gasteiger charge is -2.25. The van der Waals surface area contributed by atoms with Gasteiger partial charge in [-0.05, 0) is 36.4 Å². The summed E-state index contributed by atoms with van der Waals surface area (Å²) in [4.78, 5) is 15.4. The van der Waals surface area contributed by atoms with E-state index in [-0.39, 0.29) is 0 Å². The lowest BCUT2D eigenvalue weighted by molar-refractivity contribution is 0.415. The first kappa shape index (κ1) is 18.5. The number of hydrogen-bond acceptors (Lipinski definition) is 6. The van der Waals surface area contributed by atoms with Crippen molar-refractivity contribution in [1.29, 1.82) is 0 Å². The molecule has 27 heavy (non-hydrogen) atoms. The second-order valence-electron chi connectivity index (χ2n) is 6.57. The molecule has 6 nitrogen and oxygen atoms in total. The molecule has 2 heterocycles. The Kier molecular flexibility index (Phi) is 5.45. The van der Waals surface area contributed by atoms with Crippen molar-refractivity contribution in [1.82, 2.24) is 9.97 Å². The number of anilines is 5. The summed E-state index contributed by atoms with van der Waals surface area (Å²) in [7, 11) is 9.73. The van der Waals surface area contributed by atoms with Crippen LogP contribution in [0.25, 0.3) is 0 Å². The van der Waals surface area contributed by atoms with Crippen molar-refractivity contribution in [3.63, 3.8) is 0 Å². The molecule has 0 fully saturated rings. The van der Waals surface area contributed by atoms with E-state index in [1.807, 2.05) is 94.0 Å². The summed E-state index contributed by atoms with van der Waals surface area (Å²) >= 11 is 0. The van der Waals surface area contributed by atoms with Crippen LogP contribution in [0.3, 0.4) is 0 Å². The number of benzene rings is 1. The summed E-state index contributed by atoms with van der Waals surface area (Å²) in [5, 5.41) is 0. The largest absolute Gasteiger partial charge is 0.497 e. The topological polar surface area (TPSA) is 44.7 Å². The van der Waals surface area contributed by atoms with E-state index in [2.05, 4.69) is 19.8 Å². The third-order valence-electron chi connectivity index (χ3n) is 4.28. The maximum atomic E-state index is 5.30. The van der Waals surface area contributed by atoms with E-state index in [0.29, 0.717) is 0 Å². The summed E-state index contributed by atoms with van der Waals surface area (Å²) < 4.78 is 5.30. The zero-order chi connectivity index (χ0) is 19.4. The van der Waals surface area contributed by atoms with E-state index in [9.17, 15) is 0 Å². The van der Waals surface area contributed by atoms with Crippen LogP contribution in [-0.4, -0.2) is 45.3 Å². The van der Waals surface area contributed by atoms with Crippen molar-refractivity contribution < 1.29 is 4.74 Å². The van der Waals surface area contributed by atoms with Crippen LogP contribution >= 0.6 is 0 Å². The van der Waals surface area contributed by atoms with Crippen LogP contribution in [0.4, 0.5) is 28.7 Å². The fraction of sp³-hybridized carbons (Fsp3) is 0.238. The number of rotatable bonds is 6. The van der Waals surface area contributed by atoms with Gasteiger partial charge in [0, 0.05) is 69.8 Å². The van der Waals surface area contributed by atoms with Gasteiger partial charge in [-0.2, -0.15) is 0 Å². The molecule has 3 rings (SSSR count). The SMILES string of the molecule is COc1ccc(N(c2cc(N(C)C)ccn2)c2cc(N(C)C)ccn2)cc1. The molecule has 0 atom stereocenters. The molecule has 0 saturated heterocycles. The van der Waals surface area contributed by atoms with Gasteiger partial charge in [-0.25, -0.2) is 9.97 Å². The van der Waals surface area contributed by atoms with Gasteiger partial charge in [0.2, 0.25) is 0 Å². The zero-order valence-corrected chi connectivity index (χ0v) is 16.4. The van der Waals surface area contributed by atoms with Crippen molar-refractivity contribution in [2.75, 3.05) is 50.0 Å². The van der Waals surface area contributed by atoms with E-state index in [1.165, 1.54) is 0 Å². The molecule has 0 N–H and O–H groups in total. The van der Waals surface area contributed by atoms with Crippen molar-refractivity contribution in [3.05, 3.63) is 60.9 Å². The van der Waals surface area contributed by atoms with Crippen LogP contribution in [-0.2, 0) is 0 Å². The second kappa shape index (κ2) is 7.95. The molecule has 0 saturated carbocycles. The fourth-order valence-corrected chi connectivity index (χ4v) is 2.73. The Morgan fingerprint density at radius 2 is 1.15 bits per heavy atom. The molecule has 3 aromatic rings. The average molecular weight is 363 g/mol. The summed E-state index contributed by atoms with van der Waals surface area (Å²) in [5.74, 6) is 2.41. The molecule has 1 aromatic carbocycles. The molecule has 0 bridgehead atoms. The Balaban J connectivity index is 2.14. The van der Waals surface area contributed by atoms with Crippen LogP contribution in [0.2, 0.25) is 0 Å². The molecule has 2 aromatic heterocycles. The monoisotopic (exact) mass is 363 g/mol. The molecule has 6 heteroatoms. The quantitative estimate of drug-likeness (QED) is 0.657. The predicted octanol–water partition coefficient (Wildman–Crippen LogP) is 4.09. The number of methoxy groups -OCH3 is 1. The number of ether oxygens (including phenoxy) is 1. The minimum atomic E-state index is 0.801. The summed E-state index contributed by atoms with van der Waals surface area (Å²) in [6, 6.07) is 16.0. The first-order valence-corrected chi connectivity index (χ1v) is 8.70. The highest BCUT2D eigenvalue weighted by molar-refractivity contribution is 5.75. The Morgan fingerprint density at radius 1 is 0.667 bits per heavy atom. The maximum absolute atomic E-state index is 5.30. The molecule has 0 radical (unpaired) electrons. The van der Waals surface area contributed by atoms with Gasteiger partial charge in [0.05, 0.1) is 7.11 Å². The fourth-order valence-electron chi connectivity index (χ4n) is 2.73. The smallest absolute Gasteiger partial charge is 0.140 e. The van der Waals surface area contributed by atoms with Crippen LogP contribution in [0, 0.1) is 0 Å². The first-order chi connectivity index (χ1) is 13.0. The average Bonchev–Trinajstić information content (AvgIpc) is 2.69. The highest BCUT2D eigenvalue weighted by Gasteiger charge is 2.17. The Hall–Kier alpha value is -3.28. The first-order valence-electron chi connectivity index (χ1n) is 8.70. The van der Waals surface area contributed by atoms with Crippen LogP contribution in [0.5, 0.6) is 5.75 Å². The Bertz CT molecular complexity index is 842. The van der Waals surface area contributed by atoms with Crippen molar-refractivity contribution in [3.8, 4) is 5.75 Å². The van der Waals surface area contributed by atoms with Crippen molar-refractivity contribution in [2.24, 2.45) is 0 Å². The van der Waals surface area contributed by atoms with Crippen molar-refractivity contribution in [2.45, 2.75) is 0 Å². The lowest BCUT2D eigenvalue weighted by Crippen LogP contribution is -2.16. The van der Waals surface area contributed by atoms with Crippen LogP contribution in [0.1, 0.15) is 0 Å². The van der Waals surface area contributed by atoms with Gasteiger partial charge < -0.3 is 14.5 Å². The number of nitrogens with zero attached hydrogens (tertiary/aromatic N) is 5. The third-order valence-corrected chi connectivity index (χ3v) is 4.28. The van der Waals surface area contributed by atoms with Crippen LogP contribution in [0.15, 0.2) is 60.9 Å². The van der Waals surface area contributed by atoms with E-state index >= 15 is 0 Å². The third kappa shape index (κ3) is 4.11. The molecule has 0 unspecified atom stereocenters. The van der Waals surface area contributed by atoms with E-state index < -0.39 is 0 Å². The van der Waals surface area contributed by atoms with E-state index in [4.69, 9.17) is 4.74 Å². The summed E-state index contributed by atoms with van der Waals surface area (Å²) in [5.41, 5.74) is 3.10. The van der Waals surface area contributed by atoms with Gasteiger partial charge in [-0.15, -0.1) is 0 Å². The second-order valence-corrected chi connectivity index (χ2v) is 6.57. The molecular formula is C21H25N5O. The van der Waals surface area contributed by atoms with Gasteiger partial charge >= 0.3 is 0 Å². The highest BCUT2D eigenvalue weighted by atomic mass is 16.5. The van der Waals surface area contributed by atoms with Gasteiger partial charge in [0.25, 0.3) is 0 Å². The molecule has 0 amide bonds. The molecule has 140 valence electrons. The normalized spacial score (nSPS) is 10.4. The molecule has 0 aliphatic heterocycles. The van der Waals surface area contributed by atoms with E-state index in [1.54, 1.807) is 7.11 Å². The minimum absolute atomic E-state index is 0.801. The van der Waals surface area contributed by atoms with Gasteiger partial charge in [0.1, 0.15) is 17.4 Å². The summed E-state index contributed by atoms with van der Waals surface area (Å²) in [6.45, 7) is 0. The molecule has 0 aliphatic rings. The molecule has 0 spiro atoms. The lowest BCUT2D eigenvalue weighted by atomic mass is 10.2. The molecular weight excluding hydrogens is 338 g/mol. The zero-order valence-electron chi connectivity index (χ0n) is 16.4. The Morgan fingerprint density at radius 3 is 1.56 bits per heavy atom. The van der Waals surface area contributed by atoms with Gasteiger partial charge in [-0.3, -0.25) is 4.90 Å². The number of hydrogen-bond donors (Lipinski definition) is 0. The van der Waals surface area contributed by atoms with Crippen LogP contribution < -0.4 is 19.4 Å². The Labute approximate surface area is 160 Å². The molecule has 0 aliphatic carbocycles. The van der Waals surface area contributed by atoms with E-state index in [0.717, 1.165) is 34.4 Å². The number of pyridine rings is 2. The standard InChI is InChI=1S/C21H25N5O/c1-24(2)17-10-12-22-20(14-17)26(16-6-8-19(27-5)9-7-16)21-15-18(25(3)4)11-13-23-21/h6-15H,1-5H3. The maximum Gasteiger partial charge on any atom is 0.140 e.